The lowest BCUT2D eigenvalue weighted by Crippen LogP contribution is -2.36. The Morgan fingerprint density at radius 3 is 2.22 bits per heavy atom. The molecule has 0 atom stereocenters. The summed E-state index contributed by atoms with van der Waals surface area (Å²) in [5.74, 6) is -0.232. The van der Waals surface area contributed by atoms with E-state index in [4.69, 9.17) is 0 Å². The van der Waals surface area contributed by atoms with E-state index in [0.29, 0.717) is 5.56 Å². The topological polar surface area (TPSA) is 63.2 Å². The molecule has 0 radical (unpaired) electrons. The van der Waals surface area contributed by atoms with Gasteiger partial charge in [-0.25, -0.2) is 13.1 Å². The van der Waals surface area contributed by atoms with Gasteiger partial charge >= 0.3 is 0 Å². The molecule has 0 heterocycles. The number of hydrogen-bond donors (Lipinski definition) is 1. The third-order valence-electron chi connectivity index (χ3n) is 2.49. The van der Waals surface area contributed by atoms with E-state index in [9.17, 15) is 13.2 Å². The zero-order valence-electron chi connectivity index (χ0n) is 10.9. The van der Waals surface area contributed by atoms with Crippen LogP contribution in [0.25, 0.3) is 0 Å². The van der Waals surface area contributed by atoms with Gasteiger partial charge in [0.25, 0.3) is 0 Å². The maximum absolute atomic E-state index is 11.8. The molecule has 1 rings (SSSR count). The van der Waals surface area contributed by atoms with Gasteiger partial charge in [0.1, 0.15) is 0 Å². The maximum Gasteiger partial charge on any atom is 0.216 e. The van der Waals surface area contributed by atoms with Crippen molar-refractivity contribution in [2.45, 2.75) is 26.5 Å². The van der Waals surface area contributed by atoms with Crippen LogP contribution in [-0.2, 0) is 20.6 Å². The van der Waals surface area contributed by atoms with E-state index < -0.39 is 15.4 Å². The lowest BCUT2D eigenvalue weighted by Gasteiger charge is -2.16. The number of ketones is 1. The molecule has 1 aromatic carbocycles. The van der Waals surface area contributed by atoms with Gasteiger partial charge in [-0.15, -0.1) is 0 Å². The largest absolute Gasteiger partial charge is 0.298 e. The second kappa shape index (κ2) is 5.63. The summed E-state index contributed by atoms with van der Waals surface area (Å²) in [6, 6.07) is 8.87. The summed E-state index contributed by atoms with van der Waals surface area (Å²) in [5.41, 5.74) is 0.170. The van der Waals surface area contributed by atoms with Crippen molar-refractivity contribution in [2.24, 2.45) is 5.41 Å². The van der Waals surface area contributed by atoms with Crippen molar-refractivity contribution in [3.8, 4) is 0 Å². The van der Waals surface area contributed by atoms with E-state index >= 15 is 0 Å². The number of benzene rings is 1. The lowest BCUT2D eigenvalue weighted by atomic mass is 9.91. The fourth-order valence-corrected chi connectivity index (χ4v) is 2.37. The van der Waals surface area contributed by atoms with Gasteiger partial charge in [-0.1, -0.05) is 51.1 Å². The van der Waals surface area contributed by atoms with Gasteiger partial charge < -0.3 is 0 Å². The molecule has 0 saturated heterocycles. The molecule has 0 fully saturated rings. The molecular weight excluding hydrogens is 250 g/mol. The van der Waals surface area contributed by atoms with E-state index in [-0.39, 0.29) is 18.1 Å². The Morgan fingerprint density at radius 2 is 1.72 bits per heavy atom. The Hall–Kier alpha value is -1.20. The molecule has 4 nitrogen and oxygen atoms in total. The summed E-state index contributed by atoms with van der Waals surface area (Å²) < 4.78 is 25.9. The zero-order chi connectivity index (χ0) is 13.8. The number of rotatable bonds is 5. The van der Waals surface area contributed by atoms with Crippen molar-refractivity contribution in [3.63, 3.8) is 0 Å². The summed E-state index contributed by atoms with van der Waals surface area (Å²) in [6.07, 6.45) is 0. The van der Waals surface area contributed by atoms with E-state index in [1.165, 1.54) is 0 Å². The molecule has 0 spiro atoms. The molecule has 0 aliphatic carbocycles. The van der Waals surface area contributed by atoms with Crippen LogP contribution in [0, 0.1) is 5.41 Å². The van der Waals surface area contributed by atoms with Gasteiger partial charge in [0, 0.05) is 5.41 Å². The molecule has 0 aliphatic rings. The minimum absolute atomic E-state index is 0.106. The van der Waals surface area contributed by atoms with E-state index in [1.54, 1.807) is 45.0 Å². The van der Waals surface area contributed by atoms with Crippen molar-refractivity contribution in [3.05, 3.63) is 35.9 Å². The summed E-state index contributed by atoms with van der Waals surface area (Å²) in [4.78, 5) is 11.6. The van der Waals surface area contributed by atoms with Gasteiger partial charge in [-0.3, -0.25) is 4.79 Å². The Labute approximate surface area is 108 Å². The van der Waals surface area contributed by atoms with Crippen LogP contribution < -0.4 is 4.72 Å². The number of sulfonamides is 1. The van der Waals surface area contributed by atoms with Crippen LogP contribution in [0.2, 0.25) is 0 Å². The van der Waals surface area contributed by atoms with Crippen LogP contribution in [0.4, 0.5) is 0 Å². The highest BCUT2D eigenvalue weighted by atomic mass is 32.2. The molecule has 100 valence electrons. The summed E-state index contributed by atoms with van der Waals surface area (Å²) in [6.45, 7) is 5.14. The second-order valence-electron chi connectivity index (χ2n) is 5.24. The highest BCUT2D eigenvalue weighted by molar-refractivity contribution is 7.88. The number of hydrogen-bond acceptors (Lipinski definition) is 3. The monoisotopic (exact) mass is 269 g/mol. The van der Waals surface area contributed by atoms with Gasteiger partial charge in [-0.2, -0.15) is 0 Å². The van der Waals surface area contributed by atoms with Crippen molar-refractivity contribution >= 4 is 15.8 Å². The molecule has 1 aromatic rings. The SMILES string of the molecule is CC(C)(C)C(=O)CNS(=O)(=O)Cc1ccccc1. The van der Waals surface area contributed by atoms with Crippen LogP contribution in [0.15, 0.2) is 30.3 Å². The number of carbonyl (C=O) groups excluding carboxylic acids is 1. The Morgan fingerprint density at radius 1 is 1.17 bits per heavy atom. The molecule has 0 bridgehead atoms. The molecular formula is C13H19NO3S. The smallest absolute Gasteiger partial charge is 0.216 e. The van der Waals surface area contributed by atoms with Crippen molar-refractivity contribution in [1.29, 1.82) is 0 Å². The number of nitrogens with one attached hydrogen (secondary N) is 1. The summed E-state index contributed by atoms with van der Waals surface area (Å²) in [7, 11) is -3.46. The predicted octanol–water partition coefficient (Wildman–Crippen LogP) is 1.72. The molecule has 0 aliphatic heterocycles. The highest BCUT2D eigenvalue weighted by Gasteiger charge is 2.22. The Balaban J connectivity index is 2.59. The van der Waals surface area contributed by atoms with E-state index in [2.05, 4.69) is 4.72 Å². The third kappa shape index (κ3) is 4.98. The average molecular weight is 269 g/mol. The molecule has 0 aromatic heterocycles. The number of carbonyl (C=O) groups is 1. The quantitative estimate of drug-likeness (QED) is 0.885. The van der Waals surface area contributed by atoms with Gasteiger partial charge in [-0.05, 0) is 5.56 Å². The zero-order valence-corrected chi connectivity index (χ0v) is 11.8. The first-order chi connectivity index (χ1) is 8.21. The minimum Gasteiger partial charge on any atom is -0.298 e. The highest BCUT2D eigenvalue weighted by Crippen LogP contribution is 2.14. The van der Waals surface area contributed by atoms with Gasteiger partial charge in [0.05, 0.1) is 12.3 Å². The van der Waals surface area contributed by atoms with Gasteiger partial charge in [0.2, 0.25) is 10.0 Å². The standard InChI is InChI=1S/C13H19NO3S/c1-13(2,3)12(15)9-14-18(16,17)10-11-7-5-4-6-8-11/h4-8,14H,9-10H2,1-3H3. The van der Waals surface area contributed by atoms with Crippen LogP contribution in [0.5, 0.6) is 0 Å². The molecule has 5 heteroatoms. The average Bonchev–Trinajstić information content (AvgIpc) is 2.25. The maximum atomic E-state index is 11.8. The molecule has 0 saturated carbocycles. The fraction of sp³-hybridized carbons (Fsp3) is 0.462. The van der Waals surface area contributed by atoms with Crippen molar-refractivity contribution in [1.82, 2.24) is 4.72 Å². The molecule has 0 unspecified atom stereocenters. The van der Waals surface area contributed by atoms with Crippen LogP contribution in [0.3, 0.4) is 0 Å². The molecule has 0 amide bonds. The summed E-state index contributed by atoms with van der Waals surface area (Å²) >= 11 is 0. The first kappa shape index (κ1) is 14.9. The minimum atomic E-state index is -3.46. The fourth-order valence-electron chi connectivity index (χ4n) is 1.29. The van der Waals surface area contributed by atoms with E-state index in [0.717, 1.165) is 0 Å². The van der Waals surface area contributed by atoms with Gasteiger partial charge in [0.15, 0.2) is 5.78 Å². The van der Waals surface area contributed by atoms with E-state index in [1.807, 2.05) is 6.07 Å². The van der Waals surface area contributed by atoms with Crippen molar-refractivity contribution in [2.75, 3.05) is 6.54 Å². The number of Topliss-reactive ketones (excluding diaryl/α,β-unsaturated/α-hetero) is 1. The van der Waals surface area contributed by atoms with Crippen LogP contribution in [0.1, 0.15) is 26.3 Å². The summed E-state index contributed by atoms with van der Waals surface area (Å²) in [5, 5.41) is 0. The first-order valence-corrected chi connectivity index (χ1v) is 7.40. The van der Waals surface area contributed by atoms with Crippen molar-refractivity contribution < 1.29 is 13.2 Å². The van der Waals surface area contributed by atoms with Crippen LogP contribution in [-0.4, -0.2) is 20.7 Å². The lowest BCUT2D eigenvalue weighted by molar-refractivity contribution is -0.125. The Kier molecular flexibility index (Phi) is 4.65. The van der Waals surface area contributed by atoms with Crippen LogP contribution >= 0.6 is 0 Å². The first-order valence-electron chi connectivity index (χ1n) is 5.75. The third-order valence-corrected chi connectivity index (χ3v) is 3.79. The second-order valence-corrected chi connectivity index (χ2v) is 7.05. The molecule has 18 heavy (non-hydrogen) atoms. The Bertz CT molecular complexity index is 501. The molecule has 1 N–H and O–H groups in total. The predicted molar refractivity (Wildman–Crippen MR) is 71.5 cm³/mol. The normalized spacial score (nSPS) is 12.4.